The molecule has 1 aromatic heterocycles. The Labute approximate surface area is 120 Å². The first-order valence-electron chi connectivity index (χ1n) is 5.00. The van der Waals surface area contributed by atoms with E-state index in [1.165, 1.54) is 30.3 Å². The second-order valence-corrected chi connectivity index (χ2v) is 4.72. The summed E-state index contributed by atoms with van der Waals surface area (Å²) in [5.74, 6) is -1.31. The van der Waals surface area contributed by atoms with Crippen molar-refractivity contribution in [1.29, 1.82) is 0 Å². The number of nitrogens with zero attached hydrogens (tertiary/aromatic N) is 1. The molecule has 0 radical (unpaired) electrons. The van der Waals surface area contributed by atoms with Crippen molar-refractivity contribution in [2.24, 2.45) is 0 Å². The first-order chi connectivity index (χ1) is 8.97. The second kappa shape index (κ2) is 5.54. The fourth-order valence-electron chi connectivity index (χ4n) is 1.30. The molecule has 4 nitrogen and oxygen atoms in total. The van der Waals surface area contributed by atoms with Gasteiger partial charge in [0.1, 0.15) is 11.6 Å². The highest BCUT2D eigenvalue weighted by Gasteiger charge is 2.13. The Balaban J connectivity index is 2.33. The molecule has 0 saturated heterocycles. The summed E-state index contributed by atoms with van der Waals surface area (Å²) < 4.78 is 18.7. The van der Waals surface area contributed by atoms with Crippen LogP contribution in [0.2, 0.25) is 5.02 Å². The Morgan fingerprint density at radius 3 is 2.74 bits per heavy atom. The largest absolute Gasteiger partial charge is 0.476 e. The van der Waals surface area contributed by atoms with Gasteiger partial charge in [0.2, 0.25) is 5.88 Å². The number of hydrogen-bond donors (Lipinski definition) is 1. The summed E-state index contributed by atoms with van der Waals surface area (Å²) in [5, 5.41) is 8.90. The smallest absolute Gasteiger partial charge is 0.356 e. The van der Waals surface area contributed by atoms with Crippen LogP contribution in [-0.4, -0.2) is 16.1 Å². The zero-order valence-corrected chi connectivity index (χ0v) is 11.6. The Hall–Kier alpha value is -1.66. The van der Waals surface area contributed by atoms with Gasteiger partial charge >= 0.3 is 5.97 Å². The molecule has 0 unspecified atom stereocenters. The van der Waals surface area contributed by atoms with E-state index in [4.69, 9.17) is 21.4 Å². The quantitative estimate of drug-likeness (QED) is 0.908. The third-order valence-electron chi connectivity index (χ3n) is 2.13. The van der Waals surface area contributed by atoms with E-state index in [-0.39, 0.29) is 16.6 Å². The van der Waals surface area contributed by atoms with Crippen LogP contribution in [0.1, 0.15) is 10.5 Å². The predicted molar refractivity (Wildman–Crippen MR) is 70.4 cm³/mol. The third-order valence-corrected chi connectivity index (χ3v) is 3.06. The predicted octanol–water partition coefficient (Wildman–Crippen LogP) is 4.13. The van der Waals surface area contributed by atoms with E-state index in [0.717, 1.165) is 0 Å². The van der Waals surface area contributed by atoms with Crippen molar-refractivity contribution >= 4 is 33.5 Å². The van der Waals surface area contributed by atoms with Crippen molar-refractivity contribution in [2.75, 3.05) is 0 Å². The molecule has 0 amide bonds. The maximum atomic E-state index is 12.9. The van der Waals surface area contributed by atoms with Crippen LogP contribution >= 0.6 is 27.5 Å². The maximum Gasteiger partial charge on any atom is 0.356 e. The van der Waals surface area contributed by atoms with Crippen LogP contribution in [0.4, 0.5) is 4.39 Å². The van der Waals surface area contributed by atoms with E-state index in [1.807, 2.05) is 0 Å². The van der Waals surface area contributed by atoms with Gasteiger partial charge in [-0.05, 0) is 40.2 Å². The molecule has 0 saturated carbocycles. The standard InChI is InChI=1S/C12H6BrClFNO3/c13-7-5-6(15)1-3-9(7)19-10-4-2-8(14)11(16-10)12(17)18/h1-5H,(H,17,18). The average Bonchev–Trinajstić information content (AvgIpc) is 2.34. The lowest BCUT2D eigenvalue weighted by Gasteiger charge is -2.08. The zero-order chi connectivity index (χ0) is 14.0. The molecule has 2 aromatic rings. The van der Waals surface area contributed by atoms with Gasteiger partial charge in [-0.3, -0.25) is 0 Å². The Morgan fingerprint density at radius 2 is 2.11 bits per heavy atom. The van der Waals surface area contributed by atoms with Crippen molar-refractivity contribution < 1.29 is 19.0 Å². The SMILES string of the molecule is O=C(O)c1nc(Oc2ccc(F)cc2Br)ccc1Cl. The number of carboxylic acid groups (broad SMARTS) is 1. The van der Waals surface area contributed by atoms with Crippen molar-refractivity contribution in [3.05, 3.63) is 51.3 Å². The molecule has 0 atom stereocenters. The fourth-order valence-corrected chi connectivity index (χ4v) is 1.92. The van der Waals surface area contributed by atoms with Crippen molar-refractivity contribution in [3.8, 4) is 11.6 Å². The van der Waals surface area contributed by atoms with Gasteiger partial charge in [0.25, 0.3) is 0 Å². The Kier molecular flexibility index (Phi) is 4.01. The topological polar surface area (TPSA) is 59.4 Å². The number of aromatic carboxylic acids is 1. The summed E-state index contributed by atoms with van der Waals surface area (Å²) >= 11 is 8.82. The number of ether oxygens (including phenoxy) is 1. The number of rotatable bonds is 3. The number of hydrogen-bond acceptors (Lipinski definition) is 3. The van der Waals surface area contributed by atoms with Gasteiger partial charge in [-0.1, -0.05) is 11.6 Å². The minimum atomic E-state index is -1.26. The van der Waals surface area contributed by atoms with Crippen molar-refractivity contribution in [1.82, 2.24) is 4.98 Å². The Morgan fingerprint density at radius 1 is 1.37 bits per heavy atom. The lowest BCUT2D eigenvalue weighted by molar-refractivity contribution is 0.0690. The molecule has 0 spiro atoms. The van der Waals surface area contributed by atoms with Crippen LogP contribution in [-0.2, 0) is 0 Å². The van der Waals surface area contributed by atoms with E-state index in [2.05, 4.69) is 20.9 Å². The monoisotopic (exact) mass is 345 g/mol. The van der Waals surface area contributed by atoms with Crippen LogP contribution in [0.15, 0.2) is 34.8 Å². The summed E-state index contributed by atoms with van der Waals surface area (Å²) in [6.07, 6.45) is 0. The molecule has 0 aliphatic heterocycles. The van der Waals surface area contributed by atoms with Crippen LogP contribution in [0.3, 0.4) is 0 Å². The maximum absolute atomic E-state index is 12.9. The number of carbonyl (C=O) groups is 1. The highest BCUT2D eigenvalue weighted by atomic mass is 79.9. The molecule has 0 aliphatic carbocycles. The lowest BCUT2D eigenvalue weighted by Crippen LogP contribution is -2.02. The van der Waals surface area contributed by atoms with Gasteiger partial charge in [-0.15, -0.1) is 0 Å². The zero-order valence-electron chi connectivity index (χ0n) is 9.23. The Bertz CT molecular complexity index is 651. The number of benzene rings is 1. The first-order valence-corrected chi connectivity index (χ1v) is 6.17. The van der Waals surface area contributed by atoms with E-state index < -0.39 is 11.8 Å². The van der Waals surface area contributed by atoms with Gasteiger partial charge in [0, 0.05) is 6.07 Å². The summed E-state index contributed by atoms with van der Waals surface area (Å²) in [7, 11) is 0. The van der Waals surface area contributed by atoms with Gasteiger partial charge in [0.05, 0.1) is 9.50 Å². The molecule has 0 fully saturated rings. The molecule has 1 N–H and O–H groups in total. The second-order valence-electron chi connectivity index (χ2n) is 3.46. The average molecular weight is 347 g/mol. The summed E-state index contributed by atoms with van der Waals surface area (Å²) in [6, 6.07) is 6.63. The van der Waals surface area contributed by atoms with E-state index in [0.29, 0.717) is 10.2 Å². The van der Waals surface area contributed by atoms with E-state index >= 15 is 0 Å². The number of pyridine rings is 1. The number of aromatic nitrogens is 1. The highest BCUT2D eigenvalue weighted by molar-refractivity contribution is 9.10. The normalized spacial score (nSPS) is 10.3. The molecule has 19 heavy (non-hydrogen) atoms. The van der Waals surface area contributed by atoms with Gasteiger partial charge in [0.15, 0.2) is 5.69 Å². The van der Waals surface area contributed by atoms with Gasteiger partial charge < -0.3 is 9.84 Å². The van der Waals surface area contributed by atoms with Crippen molar-refractivity contribution in [3.63, 3.8) is 0 Å². The van der Waals surface area contributed by atoms with Crippen LogP contribution < -0.4 is 4.74 Å². The van der Waals surface area contributed by atoms with Crippen LogP contribution in [0, 0.1) is 5.82 Å². The minimum Gasteiger partial charge on any atom is -0.476 e. The van der Waals surface area contributed by atoms with Crippen LogP contribution in [0.25, 0.3) is 0 Å². The third kappa shape index (κ3) is 3.21. The molecule has 0 aliphatic rings. The first kappa shape index (κ1) is 13.8. The molecule has 1 aromatic carbocycles. The van der Waals surface area contributed by atoms with E-state index in [9.17, 15) is 9.18 Å². The van der Waals surface area contributed by atoms with Crippen molar-refractivity contribution in [2.45, 2.75) is 0 Å². The molecule has 98 valence electrons. The molecule has 2 rings (SSSR count). The molecule has 1 heterocycles. The summed E-state index contributed by atoms with van der Waals surface area (Å²) in [5.41, 5.74) is -0.308. The van der Waals surface area contributed by atoms with Gasteiger partial charge in [-0.2, -0.15) is 0 Å². The summed E-state index contributed by atoms with van der Waals surface area (Å²) in [6.45, 7) is 0. The van der Waals surface area contributed by atoms with Crippen LogP contribution in [0.5, 0.6) is 11.6 Å². The minimum absolute atomic E-state index is 0.0121. The fraction of sp³-hybridized carbons (Fsp3) is 0. The summed E-state index contributed by atoms with van der Waals surface area (Å²) in [4.78, 5) is 14.6. The number of halogens is 3. The lowest BCUT2D eigenvalue weighted by atomic mass is 10.3. The van der Waals surface area contributed by atoms with E-state index in [1.54, 1.807) is 0 Å². The molecular formula is C12H6BrClFNO3. The molecule has 7 heteroatoms. The molecular weight excluding hydrogens is 340 g/mol. The highest BCUT2D eigenvalue weighted by Crippen LogP contribution is 2.30. The molecule has 0 bridgehead atoms. The van der Waals surface area contributed by atoms with Gasteiger partial charge in [-0.25, -0.2) is 14.2 Å². The number of carboxylic acids is 1.